The van der Waals surface area contributed by atoms with E-state index in [1.165, 1.54) is 0 Å². The maximum Gasteiger partial charge on any atom is 0.327 e. The summed E-state index contributed by atoms with van der Waals surface area (Å²) in [6, 6.07) is 12.1. The van der Waals surface area contributed by atoms with Gasteiger partial charge in [0.05, 0.1) is 5.69 Å². The van der Waals surface area contributed by atoms with Gasteiger partial charge in [-0.15, -0.1) is 0 Å². The van der Waals surface area contributed by atoms with Gasteiger partial charge in [0, 0.05) is 6.04 Å². The van der Waals surface area contributed by atoms with Crippen molar-refractivity contribution in [2.45, 2.75) is 18.9 Å². The van der Waals surface area contributed by atoms with Gasteiger partial charge in [0.2, 0.25) is 0 Å². The summed E-state index contributed by atoms with van der Waals surface area (Å²) in [5.41, 5.74) is 1.86. The first-order valence-electron chi connectivity index (χ1n) is 5.67. The van der Waals surface area contributed by atoms with Gasteiger partial charge in [-0.05, 0) is 24.5 Å². The Bertz CT molecular complexity index is 653. The predicted molar refractivity (Wildman–Crippen MR) is 69.6 cm³/mol. The Hall–Kier alpha value is -1.68. The summed E-state index contributed by atoms with van der Waals surface area (Å²) in [7, 11) is 0. The highest BCUT2D eigenvalue weighted by atomic mass is 32.1. The molecule has 2 aromatic rings. The van der Waals surface area contributed by atoms with E-state index < -0.39 is 0 Å². The van der Waals surface area contributed by atoms with E-state index in [1.54, 1.807) is 0 Å². The Labute approximate surface area is 104 Å². The van der Waals surface area contributed by atoms with E-state index in [-0.39, 0.29) is 5.69 Å². The molecule has 1 N–H and O–H groups in total. The molecule has 17 heavy (non-hydrogen) atoms. The lowest BCUT2D eigenvalue weighted by Gasteiger charge is -2.11. The molecule has 0 atom stereocenters. The maximum absolute atomic E-state index is 12.0. The summed E-state index contributed by atoms with van der Waals surface area (Å²) >= 11 is 5.08. The molecule has 1 aliphatic carbocycles. The van der Waals surface area contributed by atoms with Crippen LogP contribution in [0.25, 0.3) is 11.3 Å². The molecule has 4 heteroatoms. The van der Waals surface area contributed by atoms with Gasteiger partial charge in [-0.3, -0.25) is 9.55 Å². The van der Waals surface area contributed by atoms with Gasteiger partial charge in [-0.25, -0.2) is 4.79 Å². The van der Waals surface area contributed by atoms with Gasteiger partial charge in [-0.1, -0.05) is 42.5 Å². The maximum atomic E-state index is 12.0. The highest BCUT2D eigenvalue weighted by Gasteiger charge is 2.27. The van der Waals surface area contributed by atoms with E-state index >= 15 is 0 Å². The molecule has 0 amide bonds. The zero-order chi connectivity index (χ0) is 11.8. The normalized spacial score (nSPS) is 14.8. The highest BCUT2D eigenvalue weighted by molar-refractivity contribution is 7.71. The Balaban J connectivity index is 2.28. The third-order valence-corrected chi connectivity index (χ3v) is 3.18. The summed E-state index contributed by atoms with van der Waals surface area (Å²) in [6.07, 6.45) is 2.15. The van der Waals surface area contributed by atoms with E-state index in [0.29, 0.717) is 10.7 Å². The minimum Gasteiger partial charge on any atom is -0.298 e. The molecule has 3 nitrogen and oxygen atoms in total. The van der Waals surface area contributed by atoms with Crippen molar-refractivity contribution in [3.8, 4) is 11.3 Å². The number of rotatable bonds is 2. The number of H-pyrrole nitrogens is 1. The van der Waals surface area contributed by atoms with Crippen molar-refractivity contribution in [2.24, 2.45) is 0 Å². The van der Waals surface area contributed by atoms with Crippen molar-refractivity contribution in [3.63, 3.8) is 0 Å². The number of aromatic nitrogens is 2. The number of nitrogens with zero attached hydrogens (tertiary/aromatic N) is 1. The molecule has 0 unspecified atom stereocenters. The van der Waals surface area contributed by atoms with Crippen LogP contribution in [-0.4, -0.2) is 9.55 Å². The van der Waals surface area contributed by atoms with Crippen molar-refractivity contribution < 1.29 is 0 Å². The molecule has 86 valence electrons. The van der Waals surface area contributed by atoms with Crippen molar-refractivity contribution in [3.05, 3.63) is 51.5 Å². The van der Waals surface area contributed by atoms with Gasteiger partial charge in [-0.2, -0.15) is 0 Å². The molecule has 0 saturated heterocycles. The summed E-state index contributed by atoms with van der Waals surface area (Å²) in [6.45, 7) is 0. The second-order valence-electron chi connectivity index (χ2n) is 4.29. The van der Waals surface area contributed by atoms with Crippen molar-refractivity contribution in [2.75, 3.05) is 0 Å². The average Bonchev–Trinajstić information content (AvgIpc) is 3.13. The third kappa shape index (κ3) is 1.96. The smallest absolute Gasteiger partial charge is 0.298 e. The standard InChI is InChI=1S/C13H12N2OS/c16-13-14-12(17)8-11(15(13)10-6-7-10)9-4-2-1-3-5-9/h1-5,8,10H,6-7H2,(H,14,16,17). The van der Waals surface area contributed by atoms with Crippen LogP contribution in [0.1, 0.15) is 18.9 Å². The van der Waals surface area contributed by atoms with Crippen molar-refractivity contribution in [1.82, 2.24) is 9.55 Å². The molecule has 0 radical (unpaired) electrons. The highest BCUT2D eigenvalue weighted by Crippen LogP contribution is 2.36. The van der Waals surface area contributed by atoms with E-state index in [1.807, 2.05) is 41.0 Å². The lowest BCUT2D eigenvalue weighted by Crippen LogP contribution is -2.23. The van der Waals surface area contributed by atoms with Crippen molar-refractivity contribution >= 4 is 12.2 Å². The summed E-state index contributed by atoms with van der Waals surface area (Å²) in [4.78, 5) is 14.6. The topological polar surface area (TPSA) is 37.8 Å². The second-order valence-corrected chi connectivity index (χ2v) is 4.73. The monoisotopic (exact) mass is 244 g/mol. The lowest BCUT2D eigenvalue weighted by molar-refractivity contribution is 0.687. The summed E-state index contributed by atoms with van der Waals surface area (Å²) in [5, 5.41) is 0. The molecule has 1 heterocycles. The molecular weight excluding hydrogens is 232 g/mol. The molecule has 1 aromatic heterocycles. The van der Waals surface area contributed by atoms with Gasteiger partial charge in [0.15, 0.2) is 0 Å². The van der Waals surface area contributed by atoms with Crippen LogP contribution in [-0.2, 0) is 0 Å². The van der Waals surface area contributed by atoms with Crippen LogP contribution < -0.4 is 5.69 Å². The fourth-order valence-electron chi connectivity index (χ4n) is 2.03. The van der Waals surface area contributed by atoms with E-state index in [4.69, 9.17) is 12.2 Å². The van der Waals surface area contributed by atoms with Crippen LogP contribution in [0.15, 0.2) is 41.2 Å². The minimum absolute atomic E-state index is 0.0983. The van der Waals surface area contributed by atoms with Crippen LogP contribution >= 0.6 is 12.2 Å². The fourth-order valence-corrected chi connectivity index (χ4v) is 2.23. The number of benzene rings is 1. The molecular formula is C13H12N2OS. The van der Waals surface area contributed by atoms with Crippen LogP contribution in [0.3, 0.4) is 0 Å². The third-order valence-electron chi connectivity index (χ3n) is 2.96. The average molecular weight is 244 g/mol. The quantitative estimate of drug-likeness (QED) is 0.825. The second kappa shape index (κ2) is 3.96. The Morgan fingerprint density at radius 1 is 1.24 bits per heavy atom. The largest absolute Gasteiger partial charge is 0.327 e. The van der Waals surface area contributed by atoms with Gasteiger partial charge >= 0.3 is 5.69 Å². The Kier molecular flexibility index (Phi) is 2.44. The first-order chi connectivity index (χ1) is 8.25. The predicted octanol–water partition coefficient (Wildman–Crippen LogP) is 2.91. The molecule has 0 spiro atoms. The zero-order valence-electron chi connectivity index (χ0n) is 9.22. The molecule has 1 aromatic carbocycles. The number of hydrogen-bond donors (Lipinski definition) is 1. The van der Waals surface area contributed by atoms with Gasteiger partial charge < -0.3 is 0 Å². The van der Waals surface area contributed by atoms with Crippen LogP contribution in [0.2, 0.25) is 0 Å². The fraction of sp³-hybridized carbons (Fsp3) is 0.231. The first-order valence-corrected chi connectivity index (χ1v) is 6.08. The lowest BCUT2D eigenvalue weighted by atomic mass is 10.1. The molecule has 1 saturated carbocycles. The van der Waals surface area contributed by atoms with Crippen molar-refractivity contribution in [1.29, 1.82) is 0 Å². The molecule has 1 fully saturated rings. The van der Waals surface area contributed by atoms with Gasteiger partial charge in [0.1, 0.15) is 4.64 Å². The summed E-state index contributed by atoms with van der Waals surface area (Å²) in [5.74, 6) is 0. The number of hydrogen-bond acceptors (Lipinski definition) is 2. The Morgan fingerprint density at radius 3 is 2.59 bits per heavy atom. The van der Waals surface area contributed by atoms with Crippen LogP contribution in [0.5, 0.6) is 0 Å². The summed E-state index contributed by atoms with van der Waals surface area (Å²) < 4.78 is 2.32. The molecule has 0 bridgehead atoms. The number of aromatic amines is 1. The minimum atomic E-state index is -0.0983. The van der Waals surface area contributed by atoms with E-state index in [2.05, 4.69) is 4.98 Å². The van der Waals surface area contributed by atoms with E-state index in [9.17, 15) is 4.79 Å². The van der Waals surface area contributed by atoms with E-state index in [0.717, 1.165) is 24.1 Å². The number of nitrogens with one attached hydrogen (secondary N) is 1. The van der Waals surface area contributed by atoms with Crippen LogP contribution in [0.4, 0.5) is 0 Å². The molecule has 0 aliphatic heterocycles. The van der Waals surface area contributed by atoms with Crippen LogP contribution in [0, 0.1) is 4.64 Å². The SMILES string of the molecule is O=c1[nH]c(=S)cc(-c2ccccc2)n1C1CC1. The zero-order valence-corrected chi connectivity index (χ0v) is 10.0. The molecule has 3 rings (SSSR count). The van der Waals surface area contributed by atoms with Gasteiger partial charge in [0.25, 0.3) is 0 Å². The first kappa shape index (κ1) is 10.5. The molecule has 1 aliphatic rings. The Morgan fingerprint density at radius 2 is 1.94 bits per heavy atom.